The summed E-state index contributed by atoms with van der Waals surface area (Å²) >= 11 is 0. The van der Waals surface area contributed by atoms with Crippen molar-refractivity contribution in [1.29, 1.82) is 5.26 Å². The van der Waals surface area contributed by atoms with Crippen molar-refractivity contribution < 1.29 is 9.53 Å². The van der Waals surface area contributed by atoms with E-state index in [0.717, 1.165) is 13.0 Å². The molecule has 0 aliphatic carbocycles. The van der Waals surface area contributed by atoms with Gasteiger partial charge in [-0.2, -0.15) is 5.26 Å². The van der Waals surface area contributed by atoms with E-state index in [4.69, 9.17) is 10.00 Å². The van der Waals surface area contributed by atoms with Gasteiger partial charge in [0.05, 0.1) is 18.2 Å². The topological polar surface area (TPSA) is 65.4 Å². The SMILES string of the molecule is COCC(C)N(C)CCCC(=O)Nc1cccc(C#N)c1. The Morgan fingerprint density at radius 2 is 2.29 bits per heavy atom. The van der Waals surface area contributed by atoms with Gasteiger partial charge < -0.3 is 15.0 Å². The molecule has 0 bridgehead atoms. The zero-order valence-electron chi connectivity index (χ0n) is 12.9. The maximum Gasteiger partial charge on any atom is 0.224 e. The molecular formula is C16H23N3O2. The average molecular weight is 289 g/mol. The second-order valence-corrected chi connectivity index (χ2v) is 5.13. The number of nitrogens with zero attached hydrogens (tertiary/aromatic N) is 2. The number of hydrogen-bond acceptors (Lipinski definition) is 4. The standard InChI is InChI=1S/C16H23N3O2/c1-13(12-21-3)19(2)9-5-8-16(20)18-15-7-4-6-14(10-15)11-17/h4,6-7,10,13H,5,8-9,12H2,1-3H3,(H,18,20). The Morgan fingerprint density at radius 1 is 1.52 bits per heavy atom. The van der Waals surface area contributed by atoms with Crippen LogP contribution in [0.15, 0.2) is 24.3 Å². The van der Waals surface area contributed by atoms with Crippen LogP contribution in [0.25, 0.3) is 0 Å². The van der Waals surface area contributed by atoms with Crippen LogP contribution in [0.5, 0.6) is 0 Å². The number of carbonyl (C=O) groups is 1. The minimum Gasteiger partial charge on any atom is -0.383 e. The van der Waals surface area contributed by atoms with Crippen molar-refractivity contribution in [3.8, 4) is 6.07 Å². The van der Waals surface area contributed by atoms with E-state index in [0.29, 0.717) is 30.3 Å². The first-order chi connectivity index (χ1) is 10.1. The van der Waals surface area contributed by atoms with E-state index >= 15 is 0 Å². The lowest BCUT2D eigenvalue weighted by atomic mass is 10.2. The van der Waals surface area contributed by atoms with Gasteiger partial charge in [0.25, 0.3) is 0 Å². The molecule has 0 saturated carbocycles. The lowest BCUT2D eigenvalue weighted by molar-refractivity contribution is -0.116. The van der Waals surface area contributed by atoms with Gasteiger partial charge in [-0.05, 0) is 45.1 Å². The Morgan fingerprint density at radius 3 is 2.95 bits per heavy atom. The maximum absolute atomic E-state index is 11.9. The largest absolute Gasteiger partial charge is 0.383 e. The van der Waals surface area contributed by atoms with Crippen LogP contribution in [0.2, 0.25) is 0 Å². The van der Waals surface area contributed by atoms with E-state index < -0.39 is 0 Å². The quantitative estimate of drug-likeness (QED) is 0.797. The first-order valence-electron chi connectivity index (χ1n) is 7.06. The van der Waals surface area contributed by atoms with Gasteiger partial charge in [-0.1, -0.05) is 6.07 Å². The highest BCUT2D eigenvalue weighted by atomic mass is 16.5. The molecule has 0 spiro atoms. The molecule has 0 aromatic heterocycles. The molecule has 5 nitrogen and oxygen atoms in total. The van der Waals surface area contributed by atoms with Gasteiger partial charge in [-0.3, -0.25) is 4.79 Å². The zero-order valence-corrected chi connectivity index (χ0v) is 12.9. The smallest absolute Gasteiger partial charge is 0.224 e. The van der Waals surface area contributed by atoms with E-state index in [1.54, 1.807) is 31.4 Å². The van der Waals surface area contributed by atoms with Crippen LogP contribution in [-0.4, -0.2) is 44.2 Å². The minimum atomic E-state index is -0.0297. The first-order valence-corrected chi connectivity index (χ1v) is 7.06. The molecule has 0 fully saturated rings. The number of carbonyl (C=O) groups excluding carboxylic acids is 1. The Labute approximate surface area is 126 Å². The van der Waals surface area contributed by atoms with Crippen LogP contribution in [0, 0.1) is 11.3 Å². The minimum absolute atomic E-state index is 0.0297. The summed E-state index contributed by atoms with van der Waals surface area (Å²) in [6.07, 6.45) is 1.25. The number of anilines is 1. The van der Waals surface area contributed by atoms with Crippen molar-refractivity contribution in [2.45, 2.75) is 25.8 Å². The summed E-state index contributed by atoms with van der Waals surface area (Å²) in [5.41, 5.74) is 1.21. The summed E-state index contributed by atoms with van der Waals surface area (Å²) in [4.78, 5) is 14.0. The van der Waals surface area contributed by atoms with Gasteiger partial charge in [-0.25, -0.2) is 0 Å². The normalized spacial score (nSPS) is 12.0. The van der Waals surface area contributed by atoms with Gasteiger partial charge in [0, 0.05) is 25.3 Å². The zero-order chi connectivity index (χ0) is 15.7. The lowest BCUT2D eigenvalue weighted by Crippen LogP contribution is -2.33. The highest BCUT2D eigenvalue weighted by molar-refractivity contribution is 5.90. The number of hydrogen-bond donors (Lipinski definition) is 1. The number of methoxy groups -OCH3 is 1. The second-order valence-electron chi connectivity index (χ2n) is 5.13. The molecule has 1 unspecified atom stereocenters. The Bertz CT molecular complexity index is 497. The highest BCUT2D eigenvalue weighted by Gasteiger charge is 2.09. The Hall–Kier alpha value is -1.90. The number of benzene rings is 1. The van der Waals surface area contributed by atoms with Crippen LogP contribution in [0.1, 0.15) is 25.3 Å². The number of amides is 1. The van der Waals surface area contributed by atoms with Gasteiger partial charge in [0.2, 0.25) is 5.91 Å². The summed E-state index contributed by atoms with van der Waals surface area (Å²) < 4.78 is 5.11. The molecule has 0 aliphatic rings. The van der Waals surface area contributed by atoms with Crippen LogP contribution in [-0.2, 0) is 9.53 Å². The fourth-order valence-electron chi connectivity index (χ4n) is 1.97. The highest BCUT2D eigenvalue weighted by Crippen LogP contribution is 2.10. The third-order valence-corrected chi connectivity index (χ3v) is 3.35. The van der Waals surface area contributed by atoms with Crippen molar-refractivity contribution in [2.75, 3.05) is 32.6 Å². The average Bonchev–Trinajstić information content (AvgIpc) is 2.47. The molecule has 1 aromatic rings. The van der Waals surface area contributed by atoms with Crippen molar-refractivity contribution in [2.24, 2.45) is 0 Å². The van der Waals surface area contributed by atoms with E-state index in [2.05, 4.69) is 23.2 Å². The molecule has 1 atom stereocenters. The number of rotatable bonds is 8. The molecule has 0 saturated heterocycles. The molecule has 5 heteroatoms. The predicted octanol–water partition coefficient (Wildman–Crippen LogP) is 2.24. The maximum atomic E-state index is 11.9. The van der Waals surface area contributed by atoms with Crippen molar-refractivity contribution in [3.05, 3.63) is 29.8 Å². The molecular weight excluding hydrogens is 266 g/mol. The van der Waals surface area contributed by atoms with Crippen molar-refractivity contribution in [3.63, 3.8) is 0 Å². The van der Waals surface area contributed by atoms with E-state index in [-0.39, 0.29) is 5.91 Å². The van der Waals surface area contributed by atoms with E-state index in [9.17, 15) is 4.79 Å². The third kappa shape index (κ3) is 6.39. The van der Waals surface area contributed by atoms with Crippen molar-refractivity contribution >= 4 is 11.6 Å². The summed E-state index contributed by atoms with van der Waals surface area (Å²) in [6.45, 7) is 3.62. The van der Waals surface area contributed by atoms with Gasteiger partial charge in [0.1, 0.15) is 0 Å². The molecule has 0 radical (unpaired) electrons. The summed E-state index contributed by atoms with van der Waals surface area (Å²) in [5, 5.41) is 11.6. The number of likely N-dealkylation sites (N-methyl/N-ethyl adjacent to an activating group) is 1. The molecule has 114 valence electrons. The van der Waals surface area contributed by atoms with Crippen LogP contribution >= 0.6 is 0 Å². The Kier molecular flexibility index (Phi) is 7.44. The molecule has 0 heterocycles. The summed E-state index contributed by atoms with van der Waals surface area (Å²) in [6, 6.07) is 9.31. The monoisotopic (exact) mass is 289 g/mol. The molecule has 0 aliphatic heterocycles. The molecule has 1 rings (SSSR count). The van der Waals surface area contributed by atoms with Crippen LogP contribution in [0.4, 0.5) is 5.69 Å². The summed E-state index contributed by atoms with van der Waals surface area (Å²) in [7, 11) is 3.71. The van der Waals surface area contributed by atoms with E-state index in [1.807, 2.05) is 7.05 Å². The first kappa shape index (κ1) is 17.2. The number of ether oxygens (including phenoxy) is 1. The number of nitriles is 1. The van der Waals surface area contributed by atoms with Gasteiger partial charge >= 0.3 is 0 Å². The van der Waals surface area contributed by atoms with Gasteiger partial charge in [0.15, 0.2) is 0 Å². The van der Waals surface area contributed by atoms with Crippen molar-refractivity contribution in [1.82, 2.24) is 4.90 Å². The molecule has 1 amide bonds. The fraction of sp³-hybridized carbons (Fsp3) is 0.500. The molecule has 1 N–H and O–H groups in total. The number of nitrogens with one attached hydrogen (secondary N) is 1. The van der Waals surface area contributed by atoms with E-state index in [1.165, 1.54) is 0 Å². The Balaban J connectivity index is 2.33. The molecule has 1 aromatic carbocycles. The lowest BCUT2D eigenvalue weighted by Gasteiger charge is -2.23. The van der Waals surface area contributed by atoms with Gasteiger partial charge in [-0.15, -0.1) is 0 Å². The third-order valence-electron chi connectivity index (χ3n) is 3.35. The predicted molar refractivity (Wildman–Crippen MR) is 83.0 cm³/mol. The fourth-order valence-corrected chi connectivity index (χ4v) is 1.97. The second kappa shape index (κ2) is 9.11. The molecule has 21 heavy (non-hydrogen) atoms. The van der Waals surface area contributed by atoms with Crippen LogP contribution < -0.4 is 5.32 Å². The summed E-state index contributed by atoms with van der Waals surface area (Å²) in [5.74, 6) is -0.0297. The van der Waals surface area contributed by atoms with Crippen LogP contribution in [0.3, 0.4) is 0 Å².